The van der Waals surface area contributed by atoms with Gasteiger partial charge in [-0.15, -0.1) is 0 Å². The number of carboxylic acid groups (broad SMARTS) is 1. The van der Waals surface area contributed by atoms with E-state index in [1.807, 2.05) is 30.3 Å². The van der Waals surface area contributed by atoms with Crippen LogP contribution in [0.25, 0.3) is 0 Å². The van der Waals surface area contributed by atoms with Crippen LogP contribution >= 0.6 is 12.6 Å². The predicted molar refractivity (Wildman–Crippen MR) is 99.6 cm³/mol. The van der Waals surface area contributed by atoms with Crippen molar-refractivity contribution in [3.8, 4) is 0 Å². The van der Waals surface area contributed by atoms with E-state index in [9.17, 15) is 14.4 Å². The van der Waals surface area contributed by atoms with Crippen LogP contribution in [0.3, 0.4) is 0 Å². The highest BCUT2D eigenvalue weighted by Crippen LogP contribution is 2.06. The lowest BCUT2D eigenvalue weighted by atomic mass is 10.0. The van der Waals surface area contributed by atoms with E-state index in [1.54, 1.807) is 13.8 Å². The summed E-state index contributed by atoms with van der Waals surface area (Å²) in [6, 6.07) is 7.82. The molecule has 0 aromatic heterocycles. The number of carboxylic acids is 1. The Morgan fingerprint density at radius 2 is 1.76 bits per heavy atom. The van der Waals surface area contributed by atoms with Crippen LogP contribution in [0.1, 0.15) is 32.3 Å². The van der Waals surface area contributed by atoms with Gasteiger partial charge in [0.25, 0.3) is 0 Å². The van der Waals surface area contributed by atoms with E-state index in [-0.39, 0.29) is 24.7 Å². The maximum Gasteiger partial charge on any atom is 0.326 e. The van der Waals surface area contributed by atoms with Crippen molar-refractivity contribution >= 4 is 30.4 Å². The van der Waals surface area contributed by atoms with Crippen LogP contribution < -0.4 is 10.6 Å². The van der Waals surface area contributed by atoms with Crippen LogP contribution in [0, 0.1) is 5.92 Å². The van der Waals surface area contributed by atoms with Gasteiger partial charge in [0.05, 0.1) is 0 Å². The Bertz CT molecular complexity index is 578. The van der Waals surface area contributed by atoms with Crippen molar-refractivity contribution < 1.29 is 19.5 Å². The monoisotopic (exact) mass is 366 g/mol. The summed E-state index contributed by atoms with van der Waals surface area (Å²) in [7, 11) is 0. The van der Waals surface area contributed by atoms with Gasteiger partial charge in [0.15, 0.2) is 0 Å². The van der Waals surface area contributed by atoms with Crippen molar-refractivity contribution in [2.75, 3.05) is 5.75 Å². The molecule has 0 aliphatic heterocycles. The third-order valence-corrected chi connectivity index (χ3v) is 4.04. The second-order valence-electron chi connectivity index (χ2n) is 6.19. The van der Waals surface area contributed by atoms with E-state index in [4.69, 9.17) is 5.11 Å². The first-order chi connectivity index (χ1) is 11.8. The summed E-state index contributed by atoms with van der Waals surface area (Å²) in [5.41, 5.74) is 1.04. The molecule has 2 amide bonds. The minimum atomic E-state index is -1.11. The molecule has 0 bridgehead atoms. The van der Waals surface area contributed by atoms with Crippen LogP contribution in [-0.2, 0) is 20.8 Å². The Balaban J connectivity index is 2.61. The van der Waals surface area contributed by atoms with Crippen molar-refractivity contribution in [1.82, 2.24) is 10.6 Å². The van der Waals surface area contributed by atoms with Gasteiger partial charge >= 0.3 is 5.97 Å². The largest absolute Gasteiger partial charge is 0.480 e. The molecular formula is C18H26N2O4S. The molecule has 1 aromatic carbocycles. The smallest absolute Gasteiger partial charge is 0.326 e. The number of aliphatic carboxylic acids is 1. The predicted octanol–water partition coefficient (Wildman–Crippen LogP) is 1.65. The van der Waals surface area contributed by atoms with E-state index >= 15 is 0 Å². The quantitative estimate of drug-likeness (QED) is 0.474. The van der Waals surface area contributed by atoms with E-state index in [0.29, 0.717) is 12.2 Å². The Hall–Kier alpha value is -2.02. The zero-order valence-electron chi connectivity index (χ0n) is 14.6. The molecule has 25 heavy (non-hydrogen) atoms. The van der Waals surface area contributed by atoms with E-state index < -0.39 is 24.0 Å². The van der Waals surface area contributed by atoms with Crippen molar-refractivity contribution in [2.24, 2.45) is 5.92 Å². The zero-order valence-corrected chi connectivity index (χ0v) is 15.5. The number of carbonyl (C=O) groups is 3. The second-order valence-corrected chi connectivity index (χ2v) is 6.63. The third-order valence-electron chi connectivity index (χ3n) is 3.78. The Morgan fingerprint density at radius 1 is 1.12 bits per heavy atom. The topological polar surface area (TPSA) is 95.5 Å². The van der Waals surface area contributed by atoms with Gasteiger partial charge in [0.2, 0.25) is 11.8 Å². The summed E-state index contributed by atoms with van der Waals surface area (Å²) in [6.45, 7) is 3.60. The molecule has 0 saturated carbocycles. The summed E-state index contributed by atoms with van der Waals surface area (Å²) < 4.78 is 0. The van der Waals surface area contributed by atoms with Gasteiger partial charge in [-0.05, 0) is 30.1 Å². The number of rotatable bonds is 10. The molecule has 3 N–H and O–H groups in total. The maximum absolute atomic E-state index is 12.4. The molecule has 0 spiro atoms. The fraction of sp³-hybridized carbons (Fsp3) is 0.500. The van der Waals surface area contributed by atoms with Crippen molar-refractivity contribution in [3.05, 3.63) is 35.9 Å². The molecule has 0 aliphatic carbocycles. The van der Waals surface area contributed by atoms with Gasteiger partial charge in [-0.1, -0.05) is 44.2 Å². The van der Waals surface area contributed by atoms with Crippen LogP contribution in [0.2, 0.25) is 0 Å². The van der Waals surface area contributed by atoms with Gasteiger partial charge < -0.3 is 15.7 Å². The molecule has 0 heterocycles. The lowest BCUT2D eigenvalue weighted by Gasteiger charge is -2.24. The molecule has 7 heteroatoms. The highest BCUT2D eigenvalue weighted by molar-refractivity contribution is 7.80. The molecule has 1 unspecified atom stereocenters. The number of carbonyl (C=O) groups excluding carboxylic acids is 2. The van der Waals surface area contributed by atoms with E-state index in [2.05, 4.69) is 23.3 Å². The molecule has 0 saturated heterocycles. The Kier molecular flexibility index (Phi) is 9.05. The number of hydrogen-bond donors (Lipinski definition) is 4. The minimum Gasteiger partial charge on any atom is -0.480 e. The molecule has 6 nitrogen and oxygen atoms in total. The number of amides is 2. The fourth-order valence-corrected chi connectivity index (χ4v) is 2.59. The summed E-state index contributed by atoms with van der Waals surface area (Å²) >= 11 is 4.00. The standard InChI is InChI=1S/C18H26N2O4S/c1-12(2)16(17(22)19-14(10-11-25)18(23)24)20-15(21)9-8-13-6-4-3-5-7-13/h3-7,12,14,16,25H,8-11H2,1-2H3,(H,19,22)(H,20,21)(H,23,24)/t14?,16-/m0/s1. The average molecular weight is 366 g/mol. The third kappa shape index (κ3) is 7.60. The van der Waals surface area contributed by atoms with Gasteiger partial charge in [0.1, 0.15) is 12.1 Å². The number of thiol groups is 1. The molecule has 2 atom stereocenters. The normalized spacial score (nSPS) is 13.1. The molecule has 0 radical (unpaired) electrons. The van der Waals surface area contributed by atoms with Crippen molar-refractivity contribution in [1.29, 1.82) is 0 Å². The molecule has 1 rings (SSSR count). The van der Waals surface area contributed by atoms with Crippen molar-refractivity contribution in [3.63, 3.8) is 0 Å². The Labute approximate surface area is 153 Å². The molecular weight excluding hydrogens is 340 g/mol. The molecule has 0 aliphatic rings. The molecule has 138 valence electrons. The van der Waals surface area contributed by atoms with Crippen LogP contribution in [0.15, 0.2) is 30.3 Å². The second kappa shape index (κ2) is 10.8. The van der Waals surface area contributed by atoms with E-state index in [0.717, 1.165) is 5.56 Å². The summed E-state index contributed by atoms with van der Waals surface area (Å²) in [5.74, 6) is -1.66. The van der Waals surface area contributed by atoms with Crippen LogP contribution in [0.5, 0.6) is 0 Å². The zero-order chi connectivity index (χ0) is 18.8. The summed E-state index contributed by atoms with van der Waals surface area (Å²) in [5, 5.41) is 14.3. The lowest BCUT2D eigenvalue weighted by molar-refractivity contribution is -0.142. The first-order valence-electron chi connectivity index (χ1n) is 8.32. The Morgan fingerprint density at radius 3 is 2.28 bits per heavy atom. The first kappa shape index (κ1) is 21.0. The van der Waals surface area contributed by atoms with Gasteiger partial charge in [-0.25, -0.2) is 4.79 Å². The van der Waals surface area contributed by atoms with Gasteiger partial charge in [0, 0.05) is 6.42 Å². The average Bonchev–Trinajstić information content (AvgIpc) is 2.57. The number of hydrogen-bond acceptors (Lipinski definition) is 4. The molecule has 0 fully saturated rings. The van der Waals surface area contributed by atoms with E-state index in [1.165, 1.54) is 0 Å². The highest BCUT2D eigenvalue weighted by Gasteiger charge is 2.28. The first-order valence-corrected chi connectivity index (χ1v) is 8.95. The lowest BCUT2D eigenvalue weighted by Crippen LogP contribution is -2.53. The SMILES string of the molecule is CC(C)[C@H](NC(=O)CCc1ccccc1)C(=O)NC(CCS)C(=O)O. The van der Waals surface area contributed by atoms with Crippen LogP contribution in [0.4, 0.5) is 0 Å². The number of benzene rings is 1. The van der Waals surface area contributed by atoms with Crippen molar-refractivity contribution in [2.45, 2.75) is 45.2 Å². The van der Waals surface area contributed by atoms with Gasteiger partial charge in [-0.3, -0.25) is 9.59 Å². The summed E-state index contributed by atoms with van der Waals surface area (Å²) in [6.07, 6.45) is 1.06. The minimum absolute atomic E-state index is 0.161. The summed E-state index contributed by atoms with van der Waals surface area (Å²) in [4.78, 5) is 35.7. The van der Waals surface area contributed by atoms with Gasteiger partial charge in [-0.2, -0.15) is 12.6 Å². The van der Waals surface area contributed by atoms with Crippen LogP contribution in [-0.4, -0.2) is 40.7 Å². The molecule has 1 aromatic rings. The number of nitrogens with one attached hydrogen (secondary N) is 2. The highest BCUT2D eigenvalue weighted by atomic mass is 32.1. The maximum atomic E-state index is 12.4. The fourth-order valence-electron chi connectivity index (χ4n) is 2.33. The number of aryl methyl sites for hydroxylation is 1.